The average Bonchev–Trinajstić information content (AvgIpc) is 1.94. The molecule has 24 nitrogen and oxygen atoms in total. The molecule has 0 radical (unpaired) electrons. The second-order valence-corrected chi connectivity index (χ2v) is 26.5. The van der Waals surface area contributed by atoms with Crippen molar-refractivity contribution in [3.63, 3.8) is 0 Å². The van der Waals surface area contributed by atoms with E-state index in [4.69, 9.17) is 40.5 Å². The summed E-state index contributed by atoms with van der Waals surface area (Å²) in [5.74, 6) is 6.12. The molecule has 8 heterocycles. The molecule has 4 fully saturated rings. The average molecular weight is 1270 g/mol. The number of aromatic nitrogens is 8. The highest BCUT2D eigenvalue weighted by Crippen LogP contribution is 2.40. The number of likely N-dealkylation sites (N-methyl/N-ethyl adjacent to an activating group) is 2. The van der Waals surface area contributed by atoms with Crippen LogP contribution in [0.4, 0.5) is 44.2 Å². The van der Waals surface area contributed by atoms with Gasteiger partial charge in [-0.05, 0) is 111 Å². The molecule has 0 unspecified atom stereocenters. The van der Waals surface area contributed by atoms with Gasteiger partial charge >= 0.3 is 19.2 Å². The van der Waals surface area contributed by atoms with E-state index in [1.807, 2.05) is 78.2 Å². The zero-order chi connectivity index (χ0) is 62.4. The fourth-order valence-electron chi connectivity index (χ4n) is 12.1. The molecule has 0 bridgehead atoms. The number of carbonyl (C=O) groups is 2. The molecule has 0 spiro atoms. The summed E-state index contributed by atoms with van der Waals surface area (Å²) in [6.07, 6.45) is 17.0. The SMILES string of the molecule is CC(C)(C)c1cc(NC(=O)Nc2ccc(B(O)O)cc2)no1.CN1CCN(C2CCC(c3nc(-c4ccc(NC(=O)Nc5cc(C(C)(C)C)on5)cc4)c4c(N)nccn34)CC2)CC1.CN1CCN(C2CCC(c3nc(Br)c4c(N)nccn34)CC2)CC1. The first kappa shape index (κ1) is 63.6. The molecule has 2 saturated heterocycles. The lowest BCUT2D eigenvalue weighted by Gasteiger charge is -2.41. The number of halogens is 1. The fourth-order valence-corrected chi connectivity index (χ4v) is 12.6. The zero-order valence-corrected chi connectivity index (χ0v) is 53.3. The Balaban J connectivity index is 0.000000158. The van der Waals surface area contributed by atoms with Gasteiger partial charge in [0.25, 0.3) is 0 Å². The maximum absolute atomic E-state index is 12.6. The Kier molecular flexibility index (Phi) is 19.9. The maximum atomic E-state index is 12.6. The number of piperazine rings is 2. The summed E-state index contributed by atoms with van der Waals surface area (Å²) >= 11 is 3.55. The lowest BCUT2D eigenvalue weighted by Crippen LogP contribution is -2.49. The molecule has 2 aromatic carbocycles. The van der Waals surface area contributed by atoms with E-state index in [9.17, 15) is 9.59 Å². The highest BCUT2D eigenvalue weighted by atomic mass is 79.9. The topological polar surface area (TPSA) is 300 Å². The van der Waals surface area contributed by atoms with Gasteiger partial charge in [-0.3, -0.25) is 29.2 Å². The zero-order valence-electron chi connectivity index (χ0n) is 51.7. The minimum atomic E-state index is -1.53. The first-order valence-electron chi connectivity index (χ1n) is 30.5. The van der Waals surface area contributed by atoms with Crippen molar-refractivity contribution in [3.05, 3.63) is 113 Å². The number of hydrogen-bond donors (Lipinski definition) is 8. The number of nitrogens with zero attached hydrogens (tertiary/aromatic N) is 12. The van der Waals surface area contributed by atoms with Crippen LogP contribution in [-0.4, -0.2) is 166 Å². The molecule has 2 saturated carbocycles. The Bertz CT molecular complexity index is 3620. The van der Waals surface area contributed by atoms with Crippen LogP contribution in [0.2, 0.25) is 0 Å². The van der Waals surface area contributed by atoms with Gasteiger partial charge in [-0.15, -0.1) is 0 Å². The molecule has 10 N–H and O–H groups in total. The van der Waals surface area contributed by atoms with Crippen LogP contribution in [0, 0.1) is 0 Å². The minimum absolute atomic E-state index is 0.190. The first-order valence-corrected chi connectivity index (χ1v) is 31.3. The second-order valence-electron chi connectivity index (χ2n) is 25.7. The van der Waals surface area contributed by atoms with Crippen molar-refractivity contribution >= 4 is 86.3 Å². The summed E-state index contributed by atoms with van der Waals surface area (Å²) < 4.78 is 15.6. The largest absolute Gasteiger partial charge is 0.488 e. The molecular weight excluding hydrogens is 1180 g/mol. The second kappa shape index (κ2) is 27.5. The lowest BCUT2D eigenvalue weighted by atomic mass is 9.80. The summed E-state index contributed by atoms with van der Waals surface area (Å²) in [5.41, 5.74) is 17.0. The van der Waals surface area contributed by atoms with Gasteiger partial charge in [0.1, 0.15) is 50.3 Å². The predicted octanol–water partition coefficient (Wildman–Crippen LogP) is 8.83. The van der Waals surface area contributed by atoms with E-state index in [-0.39, 0.29) is 10.8 Å². The Hall–Kier alpha value is -7.46. The lowest BCUT2D eigenvalue weighted by molar-refractivity contribution is 0.0872. The number of hydrogen-bond acceptors (Lipinski definition) is 18. The molecule has 4 amide bonds. The molecule has 12 rings (SSSR count). The first-order chi connectivity index (χ1) is 42.0. The van der Waals surface area contributed by atoms with Gasteiger partial charge in [0.2, 0.25) is 0 Å². The van der Waals surface area contributed by atoms with Crippen LogP contribution in [0.15, 0.2) is 99.1 Å². The standard InChI is InChI=1S/C31H41N9O2.C17H25BrN6.C14H18BN3O4/c1-31(2,3)24-19-25(37-42-24)35-30(41)34-22-9-5-20(6-10-22)26-27-28(32)33-13-14-40(27)29(36-26)21-7-11-23(12-8-21)39-17-15-38(4)16-18-39;1-22-8-10-23(11-9-22)13-4-2-12(3-5-13)17-21-15(18)14-16(19)20-6-7-24(14)17;1-14(2,3)11-8-12(18-22-11)17-13(19)16-10-6-4-9(5-7-10)15(20)21/h5-6,9-10,13-14,19,21,23H,7-8,11-12,15-18H2,1-4H3,(H2,32,33)(H2,34,35,37,41);6-7,12-13H,2-5,8-11H2,1H3,(H2,19,20);4-8,20-21H,1-3H3,(H2,16,17,18,19). The third-order valence-corrected chi connectivity index (χ3v) is 17.8. The Morgan fingerprint density at radius 3 is 1.41 bits per heavy atom. The van der Waals surface area contributed by atoms with Crippen molar-refractivity contribution in [2.45, 2.75) is 128 Å². The van der Waals surface area contributed by atoms with E-state index in [0.29, 0.717) is 69.5 Å². The van der Waals surface area contributed by atoms with Crippen LogP contribution in [0.25, 0.3) is 22.3 Å². The predicted molar refractivity (Wildman–Crippen MR) is 348 cm³/mol. The number of nitrogen functional groups attached to an aromatic ring is 2. The summed E-state index contributed by atoms with van der Waals surface area (Å²) in [6.45, 7) is 21.5. The van der Waals surface area contributed by atoms with Crippen LogP contribution >= 0.6 is 15.9 Å². The minimum Gasteiger partial charge on any atom is -0.423 e. The van der Waals surface area contributed by atoms with Gasteiger partial charge in [-0.25, -0.2) is 29.5 Å². The molecule has 2 aliphatic heterocycles. The van der Waals surface area contributed by atoms with Crippen molar-refractivity contribution in [1.29, 1.82) is 0 Å². The number of imidazole rings is 2. The van der Waals surface area contributed by atoms with Crippen LogP contribution in [0.5, 0.6) is 0 Å². The third-order valence-electron chi connectivity index (χ3n) is 17.3. The van der Waals surface area contributed by atoms with Crippen molar-refractivity contribution in [2.75, 3.05) is 99.2 Å². The van der Waals surface area contributed by atoms with Crippen LogP contribution in [0.1, 0.15) is 128 Å². The van der Waals surface area contributed by atoms with Crippen molar-refractivity contribution in [2.24, 2.45) is 0 Å². The van der Waals surface area contributed by atoms with E-state index in [1.165, 1.54) is 76.8 Å². The van der Waals surface area contributed by atoms with Gasteiger partial charge in [-0.2, -0.15) is 0 Å². The number of benzene rings is 2. The highest BCUT2D eigenvalue weighted by Gasteiger charge is 2.33. The van der Waals surface area contributed by atoms with E-state index in [0.717, 1.165) is 83.6 Å². The number of nitrogens with one attached hydrogen (secondary N) is 4. The molecular formula is C62H84BBrN18O6. The van der Waals surface area contributed by atoms with E-state index < -0.39 is 19.2 Å². The van der Waals surface area contributed by atoms with E-state index in [2.05, 4.69) is 100.0 Å². The van der Waals surface area contributed by atoms with Gasteiger partial charge in [0, 0.05) is 141 Å². The maximum Gasteiger partial charge on any atom is 0.488 e. The quantitative estimate of drug-likeness (QED) is 0.0593. The van der Waals surface area contributed by atoms with Crippen molar-refractivity contribution in [1.82, 2.24) is 58.7 Å². The number of nitrogens with two attached hydrogens (primary N) is 2. The van der Waals surface area contributed by atoms with E-state index in [1.54, 1.807) is 36.7 Å². The van der Waals surface area contributed by atoms with Gasteiger partial charge < -0.3 is 51.0 Å². The number of anilines is 6. The van der Waals surface area contributed by atoms with Crippen LogP contribution in [-0.2, 0) is 10.8 Å². The number of rotatable bonds is 10. The van der Waals surface area contributed by atoms with Gasteiger partial charge in [-0.1, -0.05) is 76.1 Å². The molecule has 6 aromatic heterocycles. The smallest absolute Gasteiger partial charge is 0.423 e. The Morgan fingerprint density at radius 2 is 0.989 bits per heavy atom. The summed E-state index contributed by atoms with van der Waals surface area (Å²) in [5, 5.41) is 36.5. The fraction of sp³-hybridized carbons (Fsp3) is 0.484. The highest BCUT2D eigenvalue weighted by molar-refractivity contribution is 9.10. The van der Waals surface area contributed by atoms with Crippen molar-refractivity contribution in [3.8, 4) is 11.3 Å². The third kappa shape index (κ3) is 15.5. The molecule has 8 aromatic rings. The normalized spacial score (nSPS) is 19.9. The van der Waals surface area contributed by atoms with Gasteiger partial charge in [0.05, 0.1) is 0 Å². The molecule has 26 heteroatoms. The van der Waals surface area contributed by atoms with Crippen molar-refractivity contribution < 1.29 is 28.7 Å². The molecule has 0 atom stereocenters. The molecule has 4 aliphatic rings. The van der Waals surface area contributed by atoms with E-state index >= 15 is 0 Å². The van der Waals surface area contributed by atoms with Crippen LogP contribution in [0.3, 0.4) is 0 Å². The monoisotopic (exact) mass is 1270 g/mol. The molecule has 88 heavy (non-hydrogen) atoms. The molecule has 2 aliphatic carbocycles. The number of amides is 4. The molecule has 468 valence electrons. The number of carbonyl (C=O) groups excluding carboxylic acids is 2. The van der Waals surface area contributed by atoms with Gasteiger partial charge in [0.15, 0.2) is 17.5 Å². The number of urea groups is 2. The summed E-state index contributed by atoms with van der Waals surface area (Å²) in [4.78, 5) is 53.1. The summed E-state index contributed by atoms with van der Waals surface area (Å²) in [6, 6.07) is 17.7. The Morgan fingerprint density at radius 1 is 0.580 bits per heavy atom. The van der Waals surface area contributed by atoms with Crippen LogP contribution < -0.4 is 38.2 Å². The Labute approximate surface area is 522 Å². The summed E-state index contributed by atoms with van der Waals surface area (Å²) in [7, 11) is 2.89. The number of fused-ring (bicyclic) bond motifs is 2.